The van der Waals surface area contributed by atoms with Crippen molar-refractivity contribution in [2.24, 2.45) is 0 Å². The quantitative estimate of drug-likeness (QED) is 0.787. The van der Waals surface area contributed by atoms with Gasteiger partial charge >= 0.3 is 7.82 Å². The molecule has 7 heteroatoms. The maximum absolute atomic E-state index is 12.2. The smallest absolute Gasteiger partial charge is 0.403 e. The maximum atomic E-state index is 12.2. The van der Waals surface area contributed by atoms with Crippen LogP contribution in [0.25, 0.3) is 10.9 Å². The highest BCUT2D eigenvalue weighted by atomic mass is 31.2. The molecule has 0 aliphatic carbocycles. The largest absolute Gasteiger partial charge is 0.527 e. The Morgan fingerprint density at radius 3 is 2.61 bits per heavy atom. The van der Waals surface area contributed by atoms with E-state index in [4.69, 9.17) is 9.05 Å². The van der Waals surface area contributed by atoms with Crippen LogP contribution < -0.4 is 4.52 Å². The number of fused-ring (bicyclic) bond motifs is 1. The number of H-pyrrole nitrogens is 1. The van der Waals surface area contributed by atoms with Gasteiger partial charge in [-0.1, -0.05) is 6.07 Å². The normalized spacial score (nSPS) is 15.1. The van der Waals surface area contributed by atoms with Crippen LogP contribution in [0.5, 0.6) is 5.75 Å². The fraction of sp³-hybridized carbons (Fsp3) is 0.500. The molecule has 0 fully saturated rings. The van der Waals surface area contributed by atoms with Crippen LogP contribution in [-0.4, -0.2) is 41.0 Å². The first kappa shape index (κ1) is 18.0. The Morgan fingerprint density at radius 2 is 2.00 bits per heavy atom. The number of hydrogen-bond donors (Lipinski definition) is 2. The van der Waals surface area contributed by atoms with Gasteiger partial charge in [0.1, 0.15) is 5.75 Å². The van der Waals surface area contributed by atoms with Gasteiger partial charge in [0.15, 0.2) is 0 Å². The molecule has 1 aromatic heterocycles. The summed E-state index contributed by atoms with van der Waals surface area (Å²) in [6.07, 6.45) is 2.72. The van der Waals surface area contributed by atoms with Crippen molar-refractivity contribution in [2.45, 2.75) is 32.8 Å². The molecule has 0 aliphatic rings. The second-order valence-corrected chi connectivity index (χ2v) is 8.11. The molecule has 2 N–H and O–H groups in total. The zero-order valence-corrected chi connectivity index (χ0v) is 15.2. The summed E-state index contributed by atoms with van der Waals surface area (Å²) in [5.41, 5.74) is 1.14. The molecule has 0 bridgehead atoms. The molecule has 0 radical (unpaired) electrons. The van der Waals surface area contributed by atoms with Gasteiger partial charge in [-0.05, 0) is 59.0 Å². The van der Waals surface area contributed by atoms with Crippen LogP contribution in [0.3, 0.4) is 0 Å². The summed E-state index contributed by atoms with van der Waals surface area (Å²) in [4.78, 5) is 15.3. The first-order valence-corrected chi connectivity index (χ1v) is 9.04. The average Bonchev–Trinajstić information content (AvgIpc) is 2.77. The average molecular weight is 340 g/mol. The third-order valence-corrected chi connectivity index (χ3v) is 4.39. The van der Waals surface area contributed by atoms with Crippen LogP contribution in [0.15, 0.2) is 24.4 Å². The van der Waals surface area contributed by atoms with E-state index in [0.717, 1.165) is 29.4 Å². The van der Waals surface area contributed by atoms with Gasteiger partial charge in [0.05, 0.1) is 5.60 Å². The number of phosphoric acid groups is 1. The topological polar surface area (TPSA) is 74.8 Å². The maximum Gasteiger partial charge on any atom is 0.527 e. The zero-order chi connectivity index (χ0) is 17.3. The number of aromatic amines is 1. The summed E-state index contributed by atoms with van der Waals surface area (Å²) in [5.74, 6) is 0.354. The van der Waals surface area contributed by atoms with E-state index in [1.807, 2.05) is 26.4 Å². The Balaban J connectivity index is 2.33. The lowest BCUT2D eigenvalue weighted by molar-refractivity contribution is 0.0849. The molecule has 1 heterocycles. The number of likely N-dealkylation sites (N-methyl/N-ethyl adjacent to an activating group) is 1. The van der Waals surface area contributed by atoms with Crippen molar-refractivity contribution in [2.75, 3.05) is 20.6 Å². The van der Waals surface area contributed by atoms with Gasteiger partial charge in [-0.3, -0.25) is 9.42 Å². The Kier molecular flexibility index (Phi) is 5.21. The van der Waals surface area contributed by atoms with E-state index >= 15 is 0 Å². The van der Waals surface area contributed by atoms with Crippen LogP contribution in [0.1, 0.15) is 26.3 Å². The van der Waals surface area contributed by atoms with Crippen molar-refractivity contribution in [3.05, 3.63) is 30.0 Å². The molecule has 128 valence electrons. The van der Waals surface area contributed by atoms with Crippen molar-refractivity contribution < 1.29 is 18.5 Å². The summed E-state index contributed by atoms with van der Waals surface area (Å²) in [5, 5.41) is 0.820. The first-order chi connectivity index (χ1) is 10.6. The number of phosphoric ester groups is 1. The van der Waals surface area contributed by atoms with Crippen molar-refractivity contribution in [1.82, 2.24) is 9.88 Å². The fourth-order valence-electron chi connectivity index (χ4n) is 2.33. The van der Waals surface area contributed by atoms with Crippen LogP contribution in [0.2, 0.25) is 0 Å². The number of rotatable bonds is 6. The molecular weight excluding hydrogens is 315 g/mol. The van der Waals surface area contributed by atoms with Gasteiger partial charge in [0.25, 0.3) is 0 Å². The number of hydrogen-bond acceptors (Lipinski definition) is 4. The van der Waals surface area contributed by atoms with E-state index in [-0.39, 0.29) is 0 Å². The predicted molar refractivity (Wildman–Crippen MR) is 91.8 cm³/mol. The number of benzene rings is 1. The minimum Gasteiger partial charge on any atom is -0.403 e. The zero-order valence-electron chi connectivity index (χ0n) is 14.3. The third kappa shape index (κ3) is 5.08. The van der Waals surface area contributed by atoms with Crippen molar-refractivity contribution in [3.63, 3.8) is 0 Å². The Bertz CT molecular complexity index is 718. The first-order valence-electron chi connectivity index (χ1n) is 7.54. The Labute approximate surface area is 137 Å². The second-order valence-electron chi connectivity index (χ2n) is 6.81. The predicted octanol–water partition coefficient (Wildman–Crippen LogP) is 3.57. The molecule has 1 atom stereocenters. The standard InChI is InChI=1S/C16H25N2O4P/c1-16(2,3)22-23(19,20)21-14-8-6-7-13-15(14)12(11-17-13)9-10-18(4)5/h6-8,11,17H,9-10H2,1-5H3,(H,19,20). The highest BCUT2D eigenvalue weighted by Gasteiger charge is 2.31. The van der Waals surface area contributed by atoms with Crippen molar-refractivity contribution in [3.8, 4) is 5.75 Å². The number of nitrogens with zero attached hydrogens (tertiary/aromatic N) is 1. The Morgan fingerprint density at radius 1 is 1.30 bits per heavy atom. The van der Waals surface area contributed by atoms with Crippen LogP contribution in [-0.2, 0) is 15.5 Å². The molecule has 0 aliphatic heterocycles. The van der Waals surface area contributed by atoms with E-state index < -0.39 is 13.4 Å². The lowest BCUT2D eigenvalue weighted by Gasteiger charge is -2.23. The molecule has 0 saturated heterocycles. The summed E-state index contributed by atoms with van der Waals surface area (Å²) in [6, 6.07) is 5.37. The van der Waals surface area contributed by atoms with E-state index in [2.05, 4.69) is 9.88 Å². The highest BCUT2D eigenvalue weighted by molar-refractivity contribution is 7.47. The lowest BCUT2D eigenvalue weighted by atomic mass is 10.1. The van der Waals surface area contributed by atoms with Crippen molar-refractivity contribution >= 4 is 18.7 Å². The number of aromatic nitrogens is 1. The third-order valence-electron chi connectivity index (χ3n) is 3.18. The molecule has 0 amide bonds. The minimum atomic E-state index is -4.20. The van der Waals surface area contributed by atoms with Gasteiger partial charge in [-0.25, -0.2) is 4.57 Å². The summed E-state index contributed by atoms with van der Waals surface area (Å²) >= 11 is 0. The van der Waals surface area contributed by atoms with Gasteiger partial charge in [-0.15, -0.1) is 0 Å². The minimum absolute atomic E-state index is 0.354. The van der Waals surface area contributed by atoms with Gasteiger partial charge in [-0.2, -0.15) is 0 Å². The molecule has 1 unspecified atom stereocenters. The number of nitrogens with one attached hydrogen (secondary N) is 1. The summed E-state index contributed by atoms with van der Waals surface area (Å²) in [6.45, 7) is 5.99. The van der Waals surface area contributed by atoms with Gasteiger partial charge in [0, 0.05) is 23.6 Å². The molecular formula is C16H25N2O4P. The molecule has 6 nitrogen and oxygen atoms in total. The van der Waals surface area contributed by atoms with Crippen molar-refractivity contribution in [1.29, 1.82) is 0 Å². The van der Waals surface area contributed by atoms with Crippen LogP contribution >= 0.6 is 7.82 Å². The lowest BCUT2D eigenvalue weighted by Crippen LogP contribution is -2.18. The molecule has 0 spiro atoms. The van der Waals surface area contributed by atoms with Crippen LogP contribution in [0, 0.1) is 0 Å². The molecule has 2 rings (SSSR count). The van der Waals surface area contributed by atoms with E-state index in [0.29, 0.717) is 5.75 Å². The summed E-state index contributed by atoms with van der Waals surface area (Å²) in [7, 11) is -0.187. The molecule has 23 heavy (non-hydrogen) atoms. The molecule has 1 aromatic carbocycles. The van der Waals surface area contributed by atoms with Crippen LogP contribution in [0.4, 0.5) is 0 Å². The second kappa shape index (κ2) is 6.65. The SMILES string of the molecule is CN(C)CCc1c[nH]c2cccc(OP(=O)(O)OC(C)(C)C)c12. The molecule has 0 saturated carbocycles. The highest BCUT2D eigenvalue weighted by Crippen LogP contribution is 2.49. The Hall–Kier alpha value is -1.33. The molecule has 2 aromatic rings. The van der Waals surface area contributed by atoms with Gasteiger partial charge in [0.2, 0.25) is 0 Å². The summed E-state index contributed by atoms with van der Waals surface area (Å²) < 4.78 is 22.7. The van der Waals surface area contributed by atoms with Gasteiger partial charge < -0.3 is 14.4 Å². The van der Waals surface area contributed by atoms with E-state index in [9.17, 15) is 9.46 Å². The fourth-order valence-corrected chi connectivity index (χ4v) is 3.46. The van der Waals surface area contributed by atoms with E-state index in [1.54, 1.807) is 32.9 Å². The monoisotopic (exact) mass is 340 g/mol. The van der Waals surface area contributed by atoms with E-state index in [1.165, 1.54) is 0 Å².